The molecule has 1 atom stereocenters. The number of carbonyl (C=O) groups excluding carboxylic acids is 2. The highest BCUT2D eigenvalue weighted by atomic mass is 16.4. The number of carboxylic acids is 1. The van der Waals surface area contributed by atoms with Crippen molar-refractivity contribution in [3.05, 3.63) is 0 Å². The van der Waals surface area contributed by atoms with E-state index in [0.29, 0.717) is 6.54 Å². The largest absolute Gasteiger partial charge is 0.480 e. The lowest BCUT2D eigenvalue weighted by atomic mass is 10.2. The van der Waals surface area contributed by atoms with Gasteiger partial charge < -0.3 is 21.1 Å². The Bertz CT molecular complexity index is 353. The highest BCUT2D eigenvalue weighted by molar-refractivity contribution is 5.87. The summed E-state index contributed by atoms with van der Waals surface area (Å²) in [5, 5.41) is 11.3. The third kappa shape index (κ3) is 4.42. The van der Waals surface area contributed by atoms with Crippen LogP contribution in [0.5, 0.6) is 0 Å². The molecule has 0 heterocycles. The Morgan fingerprint density at radius 2 is 1.95 bits per heavy atom. The van der Waals surface area contributed by atoms with E-state index in [1.54, 1.807) is 4.90 Å². The molecule has 0 bridgehead atoms. The summed E-state index contributed by atoms with van der Waals surface area (Å²) < 4.78 is 0. The molecule has 3 amide bonds. The minimum Gasteiger partial charge on any atom is -0.480 e. The first-order chi connectivity index (χ1) is 8.95. The summed E-state index contributed by atoms with van der Waals surface area (Å²) >= 11 is 0. The van der Waals surface area contributed by atoms with Crippen LogP contribution in [0.15, 0.2) is 0 Å². The second kappa shape index (κ2) is 6.96. The Labute approximate surface area is 112 Å². The number of nitrogens with two attached hydrogens (primary N) is 1. The van der Waals surface area contributed by atoms with Gasteiger partial charge in [-0.15, -0.1) is 0 Å². The van der Waals surface area contributed by atoms with Gasteiger partial charge in [-0.25, -0.2) is 9.59 Å². The van der Waals surface area contributed by atoms with Crippen LogP contribution in [0.3, 0.4) is 0 Å². The smallest absolute Gasteiger partial charge is 0.326 e. The van der Waals surface area contributed by atoms with Crippen LogP contribution in [0.4, 0.5) is 4.79 Å². The maximum Gasteiger partial charge on any atom is 0.326 e. The molecule has 0 aromatic rings. The van der Waals surface area contributed by atoms with Crippen molar-refractivity contribution < 1.29 is 19.5 Å². The highest BCUT2D eigenvalue weighted by Crippen LogP contribution is 2.23. The zero-order valence-electron chi connectivity index (χ0n) is 11.1. The first kappa shape index (κ1) is 15.3. The van der Waals surface area contributed by atoms with E-state index in [1.807, 2.05) is 6.92 Å². The van der Waals surface area contributed by atoms with Gasteiger partial charge in [-0.3, -0.25) is 4.79 Å². The Morgan fingerprint density at radius 1 is 1.37 bits per heavy atom. The van der Waals surface area contributed by atoms with Crippen molar-refractivity contribution in [2.24, 2.45) is 5.73 Å². The fourth-order valence-corrected chi connectivity index (χ4v) is 2.42. The van der Waals surface area contributed by atoms with Gasteiger partial charge in [0.2, 0.25) is 5.91 Å². The zero-order valence-corrected chi connectivity index (χ0v) is 11.1. The van der Waals surface area contributed by atoms with Crippen molar-refractivity contribution in [3.63, 3.8) is 0 Å². The predicted octanol–water partition coefficient (Wildman–Crippen LogP) is 0.289. The fraction of sp³-hybridized carbons (Fsp3) is 0.750. The maximum atomic E-state index is 12.1. The van der Waals surface area contributed by atoms with Gasteiger partial charge in [0.15, 0.2) is 0 Å². The number of primary amides is 1. The average molecular weight is 271 g/mol. The molecule has 1 fully saturated rings. The van der Waals surface area contributed by atoms with E-state index in [2.05, 4.69) is 5.32 Å². The molecule has 108 valence electrons. The Balaban J connectivity index is 2.63. The molecule has 7 heteroatoms. The molecule has 1 aliphatic rings. The van der Waals surface area contributed by atoms with Crippen LogP contribution in [0.1, 0.15) is 39.0 Å². The lowest BCUT2D eigenvalue weighted by molar-refractivity contribution is -0.141. The van der Waals surface area contributed by atoms with E-state index in [9.17, 15) is 14.4 Å². The second-order valence-electron chi connectivity index (χ2n) is 4.74. The molecule has 4 N–H and O–H groups in total. The van der Waals surface area contributed by atoms with Crippen LogP contribution in [0.25, 0.3) is 0 Å². The average Bonchev–Trinajstić information content (AvgIpc) is 2.82. The zero-order chi connectivity index (χ0) is 14.4. The Kier molecular flexibility index (Phi) is 5.59. The second-order valence-corrected chi connectivity index (χ2v) is 4.74. The van der Waals surface area contributed by atoms with Gasteiger partial charge in [-0.05, 0) is 19.8 Å². The van der Waals surface area contributed by atoms with E-state index in [-0.39, 0.29) is 6.04 Å². The van der Waals surface area contributed by atoms with E-state index < -0.39 is 30.4 Å². The lowest BCUT2D eigenvalue weighted by Crippen LogP contribution is -2.51. The molecule has 1 unspecified atom stereocenters. The SMILES string of the molecule is CCN(C(=O)NC(CC(N)=O)C(=O)O)C1CCCC1. The lowest BCUT2D eigenvalue weighted by Gasteiger charge is -2.29. The van der Waals surface area contributed by atoms with Crippen LogP contribution in [0, 0.1) is 0 Å². The number of aliphatic carboxylic acids is 1. The molecule has 1 aliphatic carbocycles. The van der Waals surface area contributed by atoms with E-state index >= 15 is 0 Å². The molecule has 0 aromatic heterocycles. The van der Waals surface area contributed by atoms with Crippen LogP contribution in [-0.2, 0) is 9.59 Å². The van der Waals surface area contributed by atoms with Crippen molar-refractivity contribution in [1.29, 1.82) is 0 Å². The quantitative estimate of drug-likeness (QED) is 0.644. The van der Waals surface area contributed by atoms with Crippen molar-refractivity contribution in [1.82, 2.24) is 10.2 Å². The molecular formula is C12H21N3O4. The summed E-state index contributed by atoms with van der Waals surface area (Å²) in [5.41, 5.74) is 4.97. The minimum atomic E-state index is -1.26. The standard InChI is InChI=1S/C12H21N3O4/c1-2-15(8-5-3-4-6-8)12(19)14-9(11(17)18)7-10(13)16/h8-9H,2-7H2,1H3,(H2,13,16)(H,14,19)(H,17,18). The maximum absolute atomic E-state index is 12.1. The molecule has 0 radical (unpaired) electrons. The van der Waals surface area contributed by atoms with Crippen molar-refractivity contribution >= 4 is 17.9 Å². The molecule has 0 aliphatic heterocycles. The Morgan fingerprint density at radius 3 is 2.37 bits per heavy atom. The summed E-state index contributed by atoms with van der Waals surface area (Å²) in [6.07, 6.45) is 3.64. The third-order valence-electron chi connectivity index (χ3n) is 3.37. The predicted molar refractivity (Wildman–Crippen MR) is 68.4 cm³/mol. The summed E-state index contributed by atoms with van der Waals surface area (Å²) in [5.74, 6) is -2.01. The highest BCUT2D eigenvalue weighted by Gasteiger charge is 2.29. The number of urea groups is 1. The van der Waals surface area contributed by atoms with Crippen molar-refractivity contribution in [2.75, 3.05) is 6.54 Å². The van der Waals surface area contributed by atoms with Crippen LogP contribution in [0.2, 0.25) is 0 Å². The first-order valence-corrected chi connectivity index (χ1v) is 6.54. The molecule has 0 spiro atoms. The van der Waals surface area contributed by atoms with E-state index in [0.717, 1.165) is 25.7 Å². The minimum absolute atomic E-state index is 0.160. The molecule has 1 rings (SSSR count). The van der Waals surface area contributed by atoms with Gasteiger partial charge in [0.25, 0.3) is 0 Å². The molecular weight excluding hydrogens is 250 g/mol. The summed E-state index contributed by atoms with van der Waals surface area (Å²) in [4.78, 5) is 35.4. The topological polar surface area (TPSA) is 113 Å². The number of nitrogens with zero attached hydrogens (tertiary/aromatic N) is 1. The normalized spacial score (nSPS) is 16.9. The van der Waals surface area contributed by atoms with Gasteiger partial charge in [0, 0.05) is 12.6 Å². The van der Waals surface area contributed by atoms with Crippen LogP contribution in [-0.4, -0.2) is 46.5 Å². The van der Waals surface area contributed by atoms with Crippen molar-refractivity contribution in [2.45, 2.75) is 51.1 Å². The number of hydrogen-bond donors (Lipinski definition) is 3. The van der Waals surface area contributed by atoms with Crippen LogP contribution >= 0.6 is 0 Å². The summed E-state index contributed by atoms with van der Waals surface area (Å²) in [7, 11) is 0. The van der Waals surface area contributed by atoms with Gasteiger partial charge in [-0.2, -0.15) is 0 Å². The number of carbonyl (C=O) groups is 3. The summed E-state index contributed by atoms with van der Waals surface area (Å²) in [6.45, 7) is 2.36. The van der Waals surface area contributed by atoms with Crippen molar-refractivity contribution in [3.8, 4) is 0 Å². The molecule has 0 saturated heterocycles. The number of rotatable bonds is 6. The Hall–Kier alpha value is -1.79. The van der Waals surface area contributed by atoms with Gasteiger partial charge in [0.1, 0.15) is 6.04 Å². The third-order valence-corrected chi connectivity index (χ3v) is 3.37. The molecule has 19 heavy (non-hydrogen) atoms. The molecule has 7 nitrogen and oxygen atoms in total. The van der Waals surface area contributed by atoms with Gasteiger partial charge in [0.05, 0.1) is 6.42 Å². The monoisotopic (exact) mass is 271 g/mol. The fourth-order valence-electron chi connectivity index (χ4n) is 2.42. The number of hydrogen-bond acceptors (Lipinski definition) is 3. The number of amides is 3. The van der Waals surface area contributed by atoms with Gasteiger partial charge >= 0.3 is 12.0 Å². The summed E-state index contributed by atoms with van der Waals surface area (Å²) in [6, 6.07) is -1.54. The molecule has 1 saturated carbocycles. The van der Waals surface area contributed by atoms with Gasteiger partial charge in [-0.1, -0.05) is 12.8 Å². The molecule has 0 aromatic carbocycles. The van der Waals surface area contributed by atoms with Crippen LogP contribution < -0.4 is 11.1 Å². The first-order valence-electron chi connectivity index (χ1n) is 6.54. The number of carboxylic acid groups (broad SMARTS) is 1. The van der Waals surface area contributed by atoms with E-state index in [1.165, 1.54) is 0 Å². The van der Waals surface area contributed by atoms with E-state index in [4.69, 9.17) is 10.8 Å². The number of nitrogens with one attached hydrogen (secondary N) is 1.